The molecule has 0 aromatic heterocycles. The van der Waals surface area contributed by atoms with Gasteiger partial charge < -0.3 is 29.0 Å². The fraction of sp³-hybridized carbons (Fsp3) is 0.750. The molecule has 4 rings (SSSR count). The van der Waals surface area contributed by atoms with Gasteiger partial charge in [0.15, 0.2) is 23.7 Å². The third kappa shape index (κ3) is 8.40. The number of carbonyl (C=O) groups excluding carboxylic acids is 2. The predicted molar refractivity (Wildman–Crippen MR) is 189 cm³/mol. The molecule has 0 amide bonds. The molecular weight excluding hydrogens is 606 g/mol. The number of ether oxygens (including phenoxy) is 4. The maximum Gasteiger partial charge on any atom is 0.352 e. The van der Waals surface area contributed by atoms with Crippen LogP contribution in [0.5, 0.6) is 11.5 Å². The summed E-state index contributed by atoms with van der Waals surface area (Å²) >= 11 is 0. The van der Waals surface area contributed by atoms with E-state index in [1.54, 1.807) is 20.1 Å². The van der Waals surface area contributed by atoms with Crippen LogP contribution in [-0.4, -0.2) is 66.5 Å². The van der Waals surface area contributed by atoms with Gasteiger partial charge >= 0.3 is 11.9 Å². The molecule has 8 heteroatoms. The van der Waals surface area contributed by atoms with Crippen LogP contribution in [0.3, 0.4) is 0 Å². The van der Waals surface area contributed by atoms with Crippen LogP contribution in [0.25, 0.3) is 0 Å². The average Bonchev–Trinajstić information content (AvgIpc) is 3.44. The number of unbranched alkanes of at least 4 members (excludes halogenated alkanes) is 14. The molecule has 0 saturated carbocycles. The van der Waals surface area contributed by atoms with Crippen molar-refractivity contribution in [1.29, 1.82) is 0 Å². The second kappa shape index (κ2) is 17.9. The van der Waals surface area contributed by atoms with E-state index in [0.717, 1.165) is 36.9 Å². The van der Waals surface area contributed by atoms with Crippen LogP contribution in [0.4, 0.5) is 0 Å². The van der Waals surface area contributed by atoms with Gasteiger partial charge in [-0.3, -0.25) is 4.79 Å². The highest BCUT2D eigenvalue weighted by atomic mass is 16.6. The molecule has 1 aliphatic carbocycles. The Morgan fingerprint density at radius 1 is 0.979 bits per heavy atom. The van der Waals surface area contributed by atoms with Crippen molar-refractivity contribution in [1.82, 2.24) is 4.90 Å². The van der Waals surface area contributed by atoms with Crippen LogP contribution in [0.15, 0.2) is 24.0 Å². The molecule has 0 radical (unpaired) electrons. The zero-order chi connectivity index (χ0) is 34.7. The molecule has 2 heterocycles. The van der Waals surface area contributed by atoms with Crippen molar-refractivity contribution in [3.8, 4) is 11.5 Å². The number of aryl methyl sites for hydroxylation is 1. The standard InChI is InChI=1S/C40H63NO7/c1-7-8-9-10-11-12-13-14-15-16-17-18-19-20-21-22-34(42)46-30(3)38(43)47-33-25-26-40(44)31(4)41(5)28-27-39(40)35-29(2)23-24-32(45-6)36(35)48-37(33)39/h23-25,30-31,37,44H,7-22,26-28H2,1-6H3/t30-,31+,37-,39-,40+/m0/s1. The highest BCUT2D eigenvalue weighted by Gasteiger charge is 2.69. The smallest absolute Gasteiger partial charge is 0.352 e. The van der Waals surface area contributed by atoms with Gasteiger partial charge in [0, 0.05) is 24.4 Å². The first-order valence-electron chi connectivity index (χ1n) is 19.0. The summed E-state index contributed by atoms with van der Waals surface area (Å²) in [5, 5.41) is 12.4. The number of carbonyl (C=O) groups is 2. The number of nitrogens with zero attached hydrogens (tertiary/aromatic N) is 1. The number of hydrogen-bond acceptors (Lipinski definition) is 8. The van der Waals surface area contributed by atoms with Crippen LogP contribution in [-0.2, 0) is 24.5 Å². The minimum atomic E-state index is -1.16. The quantitative estimate of drug-likeness (QED) is 0.109. The molecule has 0 bridgehead atoms. The van der Waals surface area contributed by atoms with Crippen molar-refractivity contribution in [3.63, 3.8) is 0 Å². The summed E-state index contributed by atoms with van der Waals surface area (Å²) in [7, 11) is 3.62. The van der Waals surface area contributed by atoms with Gasteiger partial charge in [0.2, 0.25) is 0 Å². The number of aliphatic hydroxyl groups is 1. The molecule has 1 spiro atoms. The molecule has 3 aliphatic rings. The van der Waals surface area contributed by atoms with Crippen LogP contribution >= 0.6 is 0 Å². The number of hydrogen-bond donors (Lipinski definition) is 1. The van der Waals surface area contributed by atoms with Gasteiger partial charge in [-0.15, -0.1) is 0 Å². The van der Waals surface area contributed by atoms with Crippen LogP contribution in [0.2, 0.25) is 0 Å². The third-order valence-electron chi connectivity index (χ3n) is 11.4. The van der Waals surface area contributed by atoms with E-state index in [2.05, 4.69) is 11.8 Å². The Bertz CT molecular complexity index is 1250. The Hall–Kier alpha value is -2.58. The van der Waals surface area contributed by atoms with Gasteiger partial charge in [-0.05, 0) is 64.9 Å². The second-order valence-corrected chi connectivity index (χ2v) is 14.7. The van der Waals surface area contributed by atoms with Gasteiger partial charge in [0.05, 0.1) is 18.1 Å². The number of fused-ring (bicyclic) bond motifs is 1. The van der Waals surface area contributed by atoms with Crippen LogP contribution in [0.1, 0.15) is 147 Å². The summed E-state index contributed by atoms with van der Waals surface area (Å²) < 4.78 is 23.7. The molecule has 1 aromatic rings. The summed E-state index contributed by atoms with van der Waals surface area (Å²) in [6, 6.07) is 3.70. The first-order valence-corrected chi connectivity index (χ1v) is 19.0. The molecule has 2 aliphatic heterocycles. The molecule has 0 unspecified atom stereocenters. The number of methoxy groups -OCH3 is 1. The molecular formula is C40H63NO7. The lowest BCUT2D eigenvalue weighted by Gasteiger charge is -2.58. The molecule has 1 saturated heterocycles. The molecule has 5 atom stereocenters. The minimum Gasteiger partial charge on any atom is -0.493 e. The Balaban J connectivity index is 1.21. The SMILES string of the molecule is CCCCCCCCCCCCCCCCCC(=O)O[C@@H](C)C(=O)OC1=CC[C@@]2(O)[C@@H](C)N(C)CC[C@@]23c2c(C)ccc(OC)c2O[C@@H]13. The Kier molecular flexibility index (Phi) is 14.2. The predicted octanol–water partition coefficient (Wildman–Crippen LogP) is 8.48. The summed E-state index contributed by atoms with van der Waals surface area (Å²) in [4.78, 5) is 28.0. The van der Waals surface area contributed by atoms with Crippen molar-refractivity contribution in [2.45, 2.75) is 173 Å². The van der Waals surface area contributed by atoms with Gasteiger partial charge in [0.1, 0.15) is 5.76 Å². The van der Waals surface area contributed by atoms with Crippen LogP contribution < -0.4 is 9.47 Å². The molecule has 270 valence electrons. The van der Waals surface area contributed by atoms with Gasteiger partial charge in [-0.2, -0.15) is 0 Å². The van der Waals surface area contributed by atoms with E-state index in [0.29, 0.717) is 36.5 Å². The topological polar surface area (TPSA) is 94.5 Å². The number of likely N-dealkylation sites (N-methyl/N-ethyl adjacent to an activating group) is 1. The van der Waals surface area contributed by atoms with E-state index in [1.807, 2.05) is 33.0 Å². The van der Waals surface area contributed by atoms with Crippen molar-refractivity contribution in [2.75, 3.05) is 20.7 Å². The zero-order valence-corrected chi connectivity index (χ0v) is 30.7. The largest absolute Gasteiger partial charge is 0.493 e. The second-order valence-electron chi connectivity index (χ2n) is 14.7. The maximum absolute atomic E-state index is 13.3. The summed E-state index contributed by atoms with van der Waals surface area (Å²) in [6.07, 6.45) is 20.2. The fourth-order valence-electron chi connectivity index (χ4n) is 8.30. The Morgan fingerprint density at radius 3 is 2.15 bits per heavy atom. The summed E-state index contributed by atoms with van der Waals surface area (Å²) in [6.45, 7) is 8.62. The number of likely N-dealkylation sites (tertiary alicyclic amines) is 1. The summed E-state index contributed by atoms with van der Waals surface area (Å²) in [5.74, 6) is 0.497. The van der Waals surface area contributed by atoms with Crippen LogP contribution in [0, 0.1) is 6.92 Å². The number of benzene rings is 1. The average molecular weight is 670 g/mol. The highest BCUT2D eigenvalue weighted by molar-refractivity contribution is 5.80. The molecule has 8 nitrogen and oxygen atoms in total. The lowest BCUT2D eigenvalue weighted by molar-refractivity contribution is -0.171. The number of piperidine rings is 1. The van der Waals surface area contributed by atoms with E-state index in [4.69, 9.17) is 18.9 Å². The van der Waals surface area contributed by atoms with E-state index in [-0.39, 0.29) is 12.0 Å². The lowest BCUT2D eigenvalue weighted by atomic mass is 9.54. The Morgan fingerprint density at radius 2 is 1.56 bits per heavy atom. The van der Waals surface area contributed by atoms with Gasteiger partial charge in [0.25, 0.3) is 0 Å². The van der Waals surface area contributed by atoms with E-state index < -0.39 is 29.2 Å². The van der Waals surface area contributed by atoms with Gasteiger partial charge in [-0.1, -0.05) is 103 Å². The maximum atomic E-state index is 13.3. The van der Waals surface area contributed by atoms with Gasteiger partial charge in [-0.25, -0.2) is 4.79 Å². The monoisotopic (exact) mass is 669 g/mol. The fourth-order valence-corrected chi connectivity index (χ4v) is 8.30. The lowest BCUT2D eigenvalue weighted by Crippen LogP contribution is -2.71. The molecule has 1 fully saturated rings. The first kappa shape index (κ1) is 38.2. The van der Waals surface area contributed by atoms with E-state index in [9.17, 15) is 14.7 Å². The van der Waals surface area contributed by atoms with E-state index in [1.165, 1.54) is 77.0 Å². The molecule has 48 heavy (non-hydrogen) atoms. The molecule has 1 N–H and O–H groups in total. The minimum absolute atomic E-state index is 0.165. The van der Waals surface area contributed by atoms with Crippen molar-refractivity contribution < 1.29 is 33.6 Å². The third-order valence-corrected chi connectivity index (χ3v) is 11.4. The number of esters is 2. The number of rotatable bonds is 20. The molecule has 1 aromatic carbocycles. The van der Waals surface area contributed by atoms with Crippen molar-refractivity contribution >= 4 is 11.9 Å². The van der Waals surface area contributed by atoms with E-state index >= 15 is 0 Å². The van der Waals surface area contributed by atoms with Crippen molar-refractivity contribution in [2.24, 2.45) is 0 Å². The normalized spacial score (nSPS) is 25.3. The Labute approximate surface area is 289 Å². The zero-order valence-electron chi connectivity index (χ0n) is 30.7. The first-order chi connectivity index (χ1) is 23.1. The summed E-state index contributed by atoms with van der Waals surface area (Å²) in [5.41, 5.74) is -0.0741. The van der Waals surface area contributed by atoms with Crippen molar-refractivity contribution in [3.05, 3.63) is 35.1 Å². The highest BCUT2D eigenvalue weighted by Crippen LogP contribution is 2.62.